The highest BCUT2D eigenvalue weighted by Gasteiger charge is 2.20. The van der Waals surface area contributed by atoms with Gasteiger partial charge in [-0.05, 0) is 30.0 Å². The first kappa shape index (κ1) is 16.5. The second-order valence-corrected chi connectivity index (χ2v) is 8.45. The standard InChI is InChI=1S/C16H26N2O2S/c1-13(2)10-15-12-18(9-8-17-15)11-14-4-6-16(7-5-14)21(3,19)20/h4-7,13,15,17H,8-12H2,1-3H3. The summed E-state index contributed by atoms with van der Waals surface area (Å²) in [4.78, 5) is 2.84. The average molecular weight is 310 g/mol. The van der Waals surface area contributed by atoms with E-state index in [2.05, 4.69) is 24.1 Å². The molecule has 1 fully saturated rings. The maximum atomic E-state index is 11.5. The van der Waals surface area contributed by atoms with E-state index in [9.17, 15) is 8.42 Å². The van der Waals surface area contributed by atoms with Gasteiger partial charge in [-0.1, -0.05) is 26.0 Å². The number of hydrogen-bond acceptors (Lipinski definition) is 4. The SMILES string of the molecule is CC(C)CC1CN(Cc2ccc(S(C)(=O)=O)cc2)CCN1. The van der Waals surface area contributed by atoms with Gasteiger partial charge in [-0.2, -0.15) is 0 Å². The molecule has 0 saturated carbocycles. The lowest BCUT2D eigenvalue weighted by atomic mass is 10.0. The van der Waals surface area contributed by atoms with Crippen LogP contribution in [0.1, 0.15) is 25.8 Å². The van der Waals surface area contributed by atoms with Crippen LogP contribution in [0.25, 0.3) is 0 Å². The molecule has 1 heterocycles. The van der Waals surface area contributed by atoms with E-state index in [-0.39, 0.29) is 0 Å². The zero-order valence-electron chi connectivity index (χ0n) is 13.2. The van der Waals surface area contributed by atoms with Crippen LogP contribution in [-0.4, -0.2) is 45.2 Å². The van der Waals surface area contributed by atoms with Crippen LogP contribution in [0.2, 0.25) is 0 Å². The second-order valence-electron chi connectivity index (χ2n) is 6.43. The summed E-state index contributed by atoms with van der Waals surface area (Å²) < 4.78 is 22.9. The number of rotatable bonds is 5. The number of nitrogens with one attached hydrogen (secondary N) is 1. The molecule has 118 valence electrons. The third kappa shape index (κ3) is 5.09. The molecular weight excluding hydrogens is 284 g/mol. The van der Waals surface area contributed by atoms with Crippen molar-refractivity contribution in [1.82, 2.24) is 10.2 Å². The topological polar surface area (TPSA) is 49.4 Å². The van der Waals surface area contributed by atoms with Crippen molar-refractivity contribution in [2.45, 2.75) is 37.8 Å². The summed E-state index contributed by atoms with van der Waals surface area (Å²) in [7, 11) is -3.10. The lowest BCUT2D eigenvalue weighted by Crippen LogP contribution is -2.50. The summed E-state index contributed by atoms with van der Waals surface area (Å²) in [6, 6.07) is 7.83. The Hall–Kier alpha value is -0.910. The van der Waals surface area contributed by atoms with Gasteiger partial charge in [0.25, 0.3) is 0 Å². The number of hydrogen-bond donors (Lipinski definition) is 1. The van der Waals surface area contributed by atoms with Gasteiger partial charge < -0.3 is 5.32 Å². The maximum absolute atomic E-state index is 11.5. The molecule has 1 unspecified atom stereocenters. The molecule has 1 aliphatic heterocycles. The highest BCUT2D eigenvalue weighted by atomic mass is 32.2. The Morgan fingerprint density at radius 1 is 1.29 bits per heavy atom. The number of piperazine rings is 1. The highest BCUT2D eigenvalue weighted by Crippen LogP contribution is 2.15. The molecule has 1 aromatic rings. The number of nitrogens with zero attached hydrogens (tertiary/aromatic N) is 1. The number of sulfone groups is 1. The molecule has 1 aromatic carbocycles. The lowest BCUT2D eigenvalue weighted by Gasteiger charge is -2.34. The molecule has 0 radical (unpaired) electrons. The zero-order chi connectivity index (χ0) is 15.5. The minimum Gasteiger partial charge on any atom is -0.311 e. The van der Waals surface area contributed by atoms with Crippen LogP contribution in [0.5, 0.6) is 0 Å². The van der Waals surface area contributed by atoms with E-state index in [1.165, 1.54) is 18.2 Å². The van der Waals surface area contributed by atoms with Gasteiger partial charge in [0.05, 0.1) is 4.90 Å². The first-order valence-electron chi connectivity index (χ1n) is 7.59. The third-order valence-corrected chi connectivity index (χ3v) is 4.98. The van der Waals surface area contributed by atoms with Crippen molar-refractivity contribution in [1.29, 1.82) is 0 Å². The molecule has 0 bridgehead atoms. The molecule has 1 saturated heterocycles. The Bertz CT molecular complexity index is 552. The molecule has 21 heavy (non-hydrogen) atoms. The Morgan fingerprint density at radius 2 is 1.95 bits per heavy atom. The van der Waals surface area contributed by atoms with E-state index in [1.54, 1.807) is 12.1 Å². The minimum absolute atomic E-state index is 0.393. The summed E-state index contributed by atoms with van der Waals surface area (Å²) in [5, 5.41) is 3.57. The molecular formula is C16H26N2O2S. The minimum atomic E-state index is -3.10. The zero-order valence-corrected chi connectivity index (χ0v) is 14.0. The van der Waals surface area contributed by atoms with Gasteiger partial charge in [0.15, 0.2) is 9.84 Å². The highest BCUT2D eigenvalue weighted by molar-refractivity contribution is 7.90. The van der Waals surface area contributed by atoms with Gasteiger partial charge in [-0.15, -0.1) is 0 Å². The van der Waals surface area contributed by atoms with E-state index in [0.29, 0.717) is 16.9 Å². The van der Waals surface area contributed by atoms with Gasteiger partial charge in [-0.25, -0.2) is 8.42 Å². The first-order chi connectivity index (χ1) is 9.84. The average Bonchev–Trinajstić information content (AvgIpc) is 2.38. The predicted octanol–water partition coefficient (Wildman–Crippen LogP) is 1.91. The van der Waals surface area contributed by atoms with E-state index in [1.807, 2.05) is 12.1 Å². The van der Waals surface area contributed by atoms with Gasteiger partial charge in [-0.3, -0.25) is 4.90 Å². The van der Waals surface area contributed by atoms with Crippen LogP contribution >= 0.6 is 0 Å². The van der Waals surface area contributed by atoms with E-state index < -0.39 is 9.84 Å². The predicted molar refractivity (Wildman–Crippen MR) is 86.1 cm³/mol. The van der Waals surface area contributed by atoms with Crippen molar-refractivity contribution in [3.63, 3.8) is 0 Å². The van der Waals surface area contributed by atoms with Crippen molar-refractivity contribution < 1.29 is 8.42 Å². The summed E-state index contributed by atoms with van der Waals surface area (Å²) >= 11 is 0. The number of benzene rings is 1. The molecule has 0 amide bonds. The molecule has 2 rings (SSSR count). The van der Waals surface area contributed by atoms with Crippen LogP contribution in [0.15, 0.2) is 29.2 Å². The molecule has 1 aliphatic rings. The first-order valence-corrected chi connectivity index (χ1v) is 9.48. The Kier molecular flexibility index (Phi) is 5.41. The maximum Gasteiger partial charge on any atom is 0.175 e. The fourth-order valence-corrected chi connectivity index (χ4v) is 3.50. The van der Waals surface area contributed by atoms with E-state index in [0.717, 1.165) is 26.2 Å². The van der Waals surface area contributed by atoms with Gasteiger partial charge >= 0.3 is 0 Å². The summed E-state index contributed by atoms with van der Waals surface area (Å²) in [6.45, 7) is 8.53. The summed E-state index contributed by atoms with van der Waals surface area (Å²) in [6.07, 6.45) is 2.44. The van der Waals surface area contributed by atoms with Crippen molar-refractivity contribution in [2.75, 3.05) is 25.9 Å². The largest absolute Gasteiger partial charge is 0.311 e. The van der Waals surface area contributed by atoms with Gasteiger partial charge in [0.2, 0.25) is 0 Å². The van der Waals surface area contributed by atoms with Crippen LogP contribution in [0.4, 0.5) is 0 Å². The van der Waals surface area contributed by atoms with Crippen molar-refractivity contribution in [3.8, 4) is 0 Å². The van der Waals surface area contributed by atoms with Crippen molar-refractivity contribution >= 4 is 9.84 Å². The Labute approximate surface area is 128 Å². The Balaban J connectivity index is 1.95. The Morgan fingerprint density at radius 3 is 2.52 bits per heavy atom. The molecule has 5 heteroatoms. The molecule has 0 aromatic heterocycles. The fraction of sp³-hybridized carbons (Fsp3) is 0.625. The molecule has 1 atom stereocenters. The third-order valence-electron chi connectivity index (χ3n) is 3.85. The fourth-order valence-electron chi connectivity index (χ4n) is 2.87. The normalized spacial score (nSPS) is 20.9. The van der Waals surface area contributed by atoms with Crippen molar-refractivity contribution in [3.05, 3.63) is 29.8 Å². The summed E-state index contributed by atoms with van der Waals surface area (Å²) in [5.41, 5.74) is 1.17. The van der Waals surface area contributed by atoms with E-state index >= 15 is 0 Å². The lowest BCUT2D eigenvalue weighted by molar-refractivity contribution is 0.179. The molecule has 0 aliphatic carbocycles. The van der Waals surface area contributed by atoms with Crippen molar-refractivity contribution in [2.24, 2.45) is 5.92 Å². The molecule has 1 N–H and O–H groups in total. The van der Waals surface area contributed by atoms with E-state index in [4.69, 9.17) is 0 Å². The quantitative estimate of drug-likeness (QED) is 0.902. The summed E-state index contributed by atoms with van der Waals surface area (Å²) in [5.74, 6) is 0.705. The van der Waals surface area contributed by atoms with Gasteiger partial charge in [0.1, 0.15) is 0 Å². The van der Waals surface area contributed by atoms with Crippen LogP contribution in [-0.2, 0) is 16.4 Å². The van der Waals surface area contributed by atoms with Crippen LogP contribution < -0.4 is 5.32 Å². The van der Waals surface area contributed by atoms with Crippen LogP contribution in [0, 0.1) is 5.92 Å². The second kappa shape index (κ2) is 6.90. The molecule has 4 nitrogen and oxygen atoms in total. The monoisotopic (exact) mass is 310 g/mol. The van der Waals surface area contributed by atoms with Crippen LogP contribution in [0.3, 0.4) is 0 Å². The molecule has 0 spiro atoms. The smallest absolute Gasteiger partial charge is 0.175 e. The van der Waals surface area contributed by atoms with Gasteiger partial charge in [0, 0.05) is 38.5 Å².